The molecular weight excluding hydrogens is 324 g/mol. The Bertz CT molecular complexity index is 685. The Morgan fingerprint density at radius 2 is 1.62 bits per heavy atom. The summed E-state index contributed by atoms with van der Waals surface area (Å²) in [5.41, 5.74) is 1.91. The smallest absolute Gasteiger partial charge is 0.245 e. The van der Waals surface area contributed by atoms with Gasteiger partial charge in [-0.2, -0.15) is 0 Å². The van der Waals surface area contributed by atoms with Crippen molar-refractivity contribution in [1.82, 2.24) is 4.90 Å². The molecule has 1 amide bonds. The third-order valence-corrected chi connectivity index (χ3v) is 4.76. The van der Waals surface area contributed by atoms with Crippen molar-refractivity contribution >= 4 is 23.2 Å². The molecule has 1 fully saturated rings. The number of piperazine rings is 1. The van der Waals surface area contributed by atoms with Crippen LogP contribution < -0.4 is 9.64 Å². The number of amides is 1. The fourth-order valence-electron chi connectivity index (χ4n) is 2.98. The fraction of sp³-hybridized carbons (Fsp3) is 0.316. The number of para-hydroxylation sites is 2. The molecule has 2 aromatic rings. The molecule has 5 heteroatoms. The minimum atomic E-state index is -0.621. The maximum Gasteiger partial charge on any atom is 0.245 e. The molecule has 0 aliphatic carbocycles. The SMILES string of the molecule is COc1ccccc1N1CCN(C(=O)C(Cl)c2ccccc2)CC1. The largest absolute Gasteiger partial charge is 0.495 e. The van der Waals surface area contributed by atoms with Gasteiger partial charge in [-0.05, 0) is 17.7 Å². The molecule has 0 bridgehead atoms. The highest BCUT2D eigenvalue weighted by Gasteiger charge is 2.27. The maximum atomic E-state index is 12.6. The van der Waals surface area contributed by atoms with Crippen LogP contribution in [0.5, 0.6) is 5.75 Å². The Kier molecular flexibility index (Phi) is 5.26. The molecule has 1 unspecified atom stereocenters. The normalized spacial score (nSPS) is 15.9. The first-order valence-electron chi connectivity index (χ1n) is 8.06. The van der Waals surface area contributed by atoms with Crippen LogP contribution in [-0.2, 0) is 4.79 Å². The Morgan fingerprint density at radius 3 is 2.29 bits per heavy atom. The second-order valence-corrected chi connectivity index (χ2v) is 6.19. The lowest BCUT2D eigenvalue weighted by Crippen LogP contribution is -2.49. The van der Waals surface area contributed by atoms with E-state index in [2.05, 4.69) is 4.90 Å². The van der Waals surface area contributed by atoms with Crippen molar-refractivity contribution in [3.8, 4) is 5.75 Å². The molecule has 1 heterocycles. The molecule has 1 atom stereocenters. The standard InChI is InChI=1S/C19H21ClN2O2/c1-24-17-10-6-5-9-16(17)21-11-13-22(14-12-21)19(23)18(20)15-7-3-2-4-8-15/h2-10,18H,11-14H2,1H3. The number of carbonyl (C=O) groups excluding carboxylic acids is 1. The number of hydrogen-bond donors (Lipinski definition) is 0. The summed E-state index contributed by atoms with van der Waals surface area (Å²) in [6.45, 7) is 2.86. The summed E-state index contributed by atoms with van der Waals surface area (Å²) >= 11 is 6.37. The molecule has 3 rings (SSSR count). The van der Waals surface area contributed by atoms with Crippen LogP contribution in [0.25, 0.3) is 0 Å². The van der Waals surface area contributed by atoms with Gasteiger partial charge in [-0.3, -0.25) is 4.79 Å². The number of carbonyl (C=O) groups is 1. The van der Waals surface area contributed by atoms with Gasteiger partial charge in [0.1, 0.15) is 11.1 Å². The molecule has 24 heavy (non-hydrogen) atoms. The second-order valence-electron chi connectivity index (χ2n) is 5.76. The van der Waals surface area contributed by atoms with Gasteiger partial charge in [0.15, 0.2) is 0 Å². The van der Waals surface area contributed by atoms with Crippen molar-refractivity contribution in [2.45, 2.75) is 5.38 Å². The van der Waals surface area contributed by atoms with Crippen molar-refractivity contribution in [3.05, 3.63) is 60.2 Å². The van der Waals surface area contributed by atoms with Gasteiger partial charge < -0.3 is 14.5 Å². The fourth-order valence-corrected chi connectivity index (χ4v) is 3.27. The van der Waals surface area contributed by atoms with E-state index in [-0.39, 0.29) is 5.91 Å². The average Bonchev–Trinajstić information content (AvgIpc) is 2.67. The van der Waals surface area contributed by atoms with Crippen LogP contribution in [0.15, 0.2) is 54.6 Å². The van der Waals surface area contributed by atoms with E-state index in [1.807, 2.05) is 59.5 Å². The number of ether oxygens (including phenoxy) is 1. The zero-order valence-corrected chi connectivity index (χ0v) is 14.4. The van der Waals surface area contributed by atoms with Crippen molar-refractivity contribution in [2.24, 2.45) is 0 Å². The number of rotatable bonds is 4. The summed E-state index contributed by atoms with van der Waals surface area (Å²) < 4.78 is 5.43. The van der Waals surface area contributed by atoms with Crippen LogP contribution >= 0.6 is 11.6 Å². The first-order valence-corrected chi connectivity index (χ1v) is 8.50. The summed E-state index contributed by atoms with van der Waals surface area (Å²) in [4.78, 5) is 16.7. The minimum Gasteiger partial charge on any atom is -0.495 e. The van der Waals surface area contributed by atoms with Crippen LogP contribution in [-0.4, -0.2) is 44.1 Å². The van der Waals surface area contributed by atoms with E-state index in [0.717, 1.165) is 30.1 Å². The summed E-state index contributed by atoms with van der Waals surface area (Å²) in [6, 6.07) is 17.5. The third kappa shape index (κ3) is 3.49. The number of anilines is 1. The predicted octanol–water partition coefficient (Wildman–Crippen LogP) is 3.32. The molecule has 126 valence electrons. The number of halogens is 1. The topological polar surface area (TPSA) is 32.8 Å². The van der Waals surface area contributed by atoms with E-state index in [0.29, 0.717) is 13.1 Å². The number of hydrogen-bond acceptors (Lipinski definition) is 3. The Balaban J connectivity index is 1.63. The lowest BCUT2D eigenvalue weighted by Gasteiger charge is -2.37. The van der Waals surface area contributed by atoms with Crippen molar-refractivity contribution in [3.63, 3.8) is 0 Å². The molecule has 4 nitrogen and oxygen atoms in total. The summed E-state index contributed by atoms with van der Waals surface area (Å²) in [6.07, 6.45) is 0. The van der Waals surface area contributed by atoms with Crippen LogP contribution in [0.2, 0.25) is 0 Å². The number of methoxy groups -OCH3 is 1. The van der Waals surface area contributed by atoms with E-state index >= 15 is 0 Å². The Morgan fingerprint density at radius 1 is 1.00 bits per heavy atom. The molecule has 0 aromatic heterocycles. The highest BCUT2D eigenvalue weighted by Crippen LogP contribution is 2.29. The van der Waals surface area contributed by atoms with Gasteiger partial charge >= 0.3 is 0 Å². The quantitative estimate of drug-likeness (QED) is 0.798. The van der Waals surface area contributed by atoms with Crippen LogP contribution in [0.1, 0.15) is 10.9 Å². The van der Waals surface area contributed by atoms with Crippen LogP contribution in [0.4, 0.5) is 5.69 Å². The number of alkyl halides is 1. The van der Waals surface area contributed by atoms with E-state index in [1.165, 1.54) is 0 Å². The molecule has 0 radical (unpaired) electrons. The van der Waals surface area contributed by atoms with Crippen LogP contribution in [0, 0.1) is 0 Å². The molecule has 1 saturated heterocycles. The molecule has 2 aromatic carbocycles. The lowest BCUT2D eigenvalue weighted by molar-refractivity contribution is -0.131. The third-order valence-electron chi connectivity index (χ3n) is 4.33. The van der Waals surface area contributed by atoms with Crippen LogP contribution in [0.3, 0.4) is 0 Å². The van der Waals surface area contributed by atoms with Gasteiger partial charge in [0.05, 0.1) is 12.8 Å². The van der Waals surface area contributed by atoms with Gasteiger partial charge in [-0.15, -0.1) is 11.6 Å². The summed E-state index contributed by atoms with van der Waals surface area (Å²) in [7, 11) is 1.68. The first kappa shape index (κ1) is 16.7. The van der Waals surface area contributed by atoms with E-state index < -0.39 is 5.38 Å². The van der Waals surface area contributed by atoms with Gasteiger partial charge in [-0.25, -0.2) is 0 Å². The highest BCUT2D eigenvalue weighted by atomic mass is 35.5. The summed E-state index contributed by atoms with van der Waals surface area (Å²) in [5.74, 6) is 0.833. The lowest BCUT2D eigenvalue weighted by atomic mass is 10.1. The monoisotopic (exact) mass is 344 g/mol. The van der Waals surface area contributed by atoms with E-state index in [4.69, 9.17) is 16.3 Å². The van der Waals surface area contributed by atoms with E-state index in [1.54, 1.807) is 7.11 Å². The first-order chi connectivity index (χ1) is 11.7. The molecular formula is C19H21ClN2O2. The zero-order valence-electron chi connectivity index (χ0n) is 13.7. The van der Waals surface area contributed by atoms with Gasteiger partial charge in [-0.1, -0.05) is 42.5 Å². The highest BCUT2D eigenvalue weighted by molar-refractivity contribution is 6.30. The Hall–Kier alpha value is -2.20. The van der Waals surface area contributed by atoms with Gasteiger partial charge in [0.25, 0.3) is 0 Å². The second kappa shape index (κ2) is 7.58. The van der Waals surface area contributed by atoms with Crippen molar-refractivity contribution in [2.75, 3.05) is 38.2 Å². The number of nitrogens with zero attached hydrogens (tertiary/aromatic N) is 2. The van der Waals surface area contributed by atoms with Crippen molar-refractivity contribution in [1.29, 1.82) is 0 Å². The van der Waals surface area contributed by atoms with Gasteiger partial charge in [0.2, 0.25) is 5.91 Å². The predicted molar refractivity (Wildman–Crippen MR) is 96.8 cm³/mol. The minimum absolute atomic E-state index is 0.0254. The summed E-state index contributed by atoms with van der Waals surface area (Å²) in [5, 5.41) is -0.621. The van der Waals surface area contributed by atoms with Crippen molar-refractivity contribution < 1.29 is 9.53 Å². The van der Waals surface area contributed by atoms with E-state index in [9.17, 15) is 4.79 Å². The van der Waals surface area contributed by atoms with Gasteiger partial charge in [0, 0.05) is 26.2 Å². The number of benzene rings is 2. The Labute approximate surface area is 147 Å². The molecule has 0 N–H and O–H groups in total. The molecule has 0 saturated carbocycles. The molecule has 1 aliphatic heterocycles. The maximum absolute atomic E-state index is 12.6. The average molecular weight is 345 g/mol. The molecule has 0 spiro atoms. The molecule has 1 aliphatic rings. The zero-order chi connectivity index (χ0) is 16.9.